The molecule has 0 aromatic rings. The van der Waals surface area contributed by atoms with Crippen molar-refractivity contribution in [3.63, 3.8) is 0 Å². The van der Waals surface area contributed by atoms with Gasteiger partial charge >= 0.3 is 5.97 Å². The van der Waals surface area contributed by atoms with Gasteiger partial charge in [0.25, 0.3) is 0 Å². The first-order chi connectivity index (χ1) is 6.66. The van der Waals surface area contributed by atoms with E-state index in [1.807, 2.05) is 0 Å². The topological polar surface area (TPSA) is 46.5 Å². The second-order valence-corrected chi connectivity index (χ2v) is 4.37. The van der Waals surface area contributed by atoms with Crippen LogP contribution < -0.4 is 0 Å². The maximum absolute atomic E-state index is 11.6. The van der Waals surface area contributed by atoms with Crippen molar-refractivity contribution in [1.29, 1.82) is 0 Å². The summed E-state index contributed by atoms with van der Waals surface area (Å²) in [5, 5.41) is 8.98. The molecule has 2 aliphatic rings. The molecule has 1 saturated carbocycles. The van der Waals surface area contributed by atoms with Gasteiger partial charge in [0.05, 0.1) is 12.0 Å². The first-order valence-electron chi connectivity index (χ1n) is 5.20. The predicted octanol–water partition coefficient (Wildman–Crippen LogP) is 1.12. The summed E-state index contributed by atoms with van der Waals surface area (Å²) >= 11 is 0. The molecule has 2 bridgehead atoms. The Bertz CT molecular complexity index is 257. The van der Waals surface area contributed by atoms with E-state index >= 15 is 0 Å². The Kier molecular flexibility index (Phi) is 2.59. The second-order valence-electron chi connectivity index (χ2n) is 4.37. The number of aliphatic hydroxyl groups is 1. The molecule has 2 rings (SSSR count). The number of aliphatic hydroxyl groups excluding tert-OH is 1. The van der Waals surface area contributed by atoms with Crippen molar-refractivity contribution in [3.05, 3.63) is 12.2 Å². The number of fused-ring (bicyclic) bond motifs is 2. The van der Waals surface area contributed by atoms with Crippen molar-refractivity contribution < 1.29 is 14.6 Å². The van der Waals surface area contributed by atoms with Crippen LogP contribution in [-0.2, 0) is 9.53 Å². The third kappa shape index (κ3) is 1.82. The second kappa shape index (κ2) is 3.73. The summed E-state index contributed by atoms with van der Waals surface area (Å²) in [6, 6.07) is 0. The third-order valence-corrected chi connectivity index (χ3v) is 3.05. The highest BCUT2D eigenvalue weighted by Gasteiger charge is 2.40. The Hall–Kier alpha value is -0.830. The number of carbonyl (C=O) groups is 1. The number of rotatable bonds is 3. The molecule has 0 amide bonds. The van der Waals surface area contributed by atoms with Crippen molar-refractivity contribution >= 4 is 5.97 Å². The lowest BCUT2D eigenvalue weighted by atomic mass is 9.94. The zero-order valence-electron chi connectivity index (χ0n) is 8.35. The lowest BCUT2D eigenvalue weighted by molar-refractivity contribution is -0.152. The van der Waals surface area contributed by atoms with Crippen LogP contribution in [0.3, 0.4) is 0 Å². The Balaban J connectivity index is 1.84. The van der Waals surface area contributed by atoms with Crippen LogP contribution in [0.15, 0.2) is 12.2 Å². The largest absolute Gasteiger partial charge is 0.463 e. The van der Waals surface area contributed by atoms with Gasteiger partial charge in [-0.1, -0.05) is 12.2 Å². The fourth-order valence-electron chi connectivity index (χ4n) is 2.36. The van der Waals surface area contributed by atoms with Crippen LogP contribution in [0.2, 0.25) is 0 Å². The van der Waals surface area contributed by atoms with Gasteiger partial charge in [0.1, 0.15) is 6.61 Å². The van der Waals surface area contributed by atoms with Gasteiger partial charge in [-0.05, 0) is 31.6 Å². The highest BCUT2D eigenvalue weighted by atomic mass is 16.5. The fraction of sp³-hybridized carbons (Fsp3) is 0.727. The Labute approximate surface area is 83.8 Å². The molecule has 0 aromatic carbocycles. The number of esters is 1. The average molecular weight is 196 g/mol. The lowest BCUT2D eigenvalue weighted by Gasteiger charge is -2.17. The van der Waals surface area contributed by atoms with Crippen molar-refractivity contribution in [2.24, 2.45) is 17.8 Å². The molecular weight excluding hydrogens is 180 g/mol. The zero-order chi connectivity index (χ0) is 10.1. The molecule has 3 nitrogen and oxygen atoms in total. The van der Waals surface area contributed by atoms with E-state index in [2.05, 4.69) is 12.2 Å². The van der Waals surface area contributed by atoms with E-state index in [4.69, 9.17) is 9.84 Å². The summed E-state index contributed by atoms with van der Waals surface area (Å²) < 4.78 is 5.02. The van der Waals surface area contributed by atoms with Crippen molar-refractivity contribution in [2.45, 2.75) is 25.9 Å². The smallest absolute Gasteiger partial charge is 0.309 e. The molecule has 0 saturated heterocycles. The molecule has 1 fully saturated rings. The van der Waals surface area contributed by atoms with E-state index in [0.717, 1.165) is 12.8 Å². The number of hydrogen-bond acceptors (Lipinski definition) is 3. The van der Waals surface area contributed by atoms with Crippen LogP contribution in [-0.4, -0.2) is 23.8 Å². The molecule has 0 radical (unpaired) electrons. The van der Waals surface area contributed by atoms with Gasteiger partial charge in [-0.2, -0.15) is 0 Å². The molecule has 78 valence electrons. The first-order valence-corrected chi connectivity index (χ1v) is 5.20. The molecule has 0 aliphatic heterocycles. The Morgan fingerprint density at radius 3 is 2.86 bits per heavy atom. The molecule has 0 aromatic heterocycles. The van der Waals surface area contributed by atoms with Gasteiger partial charge in [0.2, 0.25) is 0 Å². The van der Waals surface area contributed by atoms with Gasteiger partial charge < -0.3 is 9.84 Å². The normalized spacial score (nSPS) is 36.0. The van der Waals surface area contributed by atoms with Crippen molar-refractivity contribution in [2.75, 3.05) is 6.61 Å². The van der Waals surface area contributed by atoms with Crippen LogP contribution in [0.4, 0.5) is 0 Å². The van der Waals surface area contributed by atoms with E-state index in [1.54, 1.807) is 6.92 Å². The molecule has 4 atom stereocenters. The van der Waals surface area contributed by atoms with Gasteiger partial charge in [-0.15, -0.1) is 0 Å². The molecule has 2 aliphatic carbocycles. The molecule has 4 unspecified atom stereocenters. The SMILES string of the molecule is CC(O)COC(=O)C1CC2C=CC1C2. The summed E-state index contributed by atoms with van der Waals surface area (Å²) in [4.78, 5) is 11.6. The molecule has 3 heteroatoms. The van der Waals surface area contributed by atoms with E-state index < -0.39 is 6.10 Å². The summed E-state index contributed by atoms with van der Waals surface area (Å²) in [6.07, 6.45) is 5.80. The summed E-state index contributed by atoms with van der Waals surface area (Å²) in [5.41, 5.74) is 0. The Morgan fingerprint density at radius 2 is 2.36 bits per heavy atom. The molecular formula is C11H16O3. The van der Waals surface area contributed by atoms with E-state index in [-0.39, 0.29) is 18.5 Å². The third-order valence-electron chi connectivity index (χ3n) is 3.05. The minimum atomic E-state index is -0.562. The minimum absolute atomic E-state index is 0.0451. The van der Waals surface area contributed by atoms with Crippen molar-refractivity contribution in [1.82, 2.24) is 0 Å². The van der Waals surface area contributed by atoms with Crippen LogP contribution in [0.25, 0.3) is 0 Å². The van der Waals surface area contributed by atoms with Crippen LogP contribution in [0.5, 0.6) is 0 Å². The summed E-state index contributed by atoms with van der Waals surface area (Å²) in [5.74, 6) is 0.886. The number of carbonyl (C=O) groups excluding carboxylic acids is 1. The van der Waals surface area contributed by atoms with Gasteiger partial charge in [-0.25, -0.2) is 0 Å². The fourth-order valence-corrected chi connectivity index (χ4v) is 2.36. The van der Waals surface area contributed by atoms with E-state index in [1.165, 1.54) is 0 Å². The lowest BCUT2D eigenvalue weighted by Crippen LogP contribution is -2.24. The van der Waals surface area contributed by atoms with Gasteiger partial charge in [-0.3, -0.25) is 4.79 Å². The van der Waals surface area contributed by atoms with Crippen molar-refractivity contribution in [3.8, 4) is 0 Å². The molecule has 14 heavy (non-hydrogen) atoms. The molecule has 0 spiro atoms. The highest BCUT2D eigenvalue weighted by molar-refractivity contribution is 5.74. The maximum atomic E-state index is 11.6. The maximum Gasteiger partial charge on any atom is 0.309 e. The quantitative estimate of drug-likeness (QED) is 0.543. The predicted molar refractivity (Wildman–Crippen MR) is 51.5 cm³/mol. The molecule has 0 heterocycles. The monoisotopic (exact) mass is 196 g/mol. The summed E-state index contributed by atoms with van der Waals surface area (Å²) in [6.45, 7) is 1.74. The van der Waals surface area contributed by atoms with E-state index in [9.17, 15) is 4.79 Å². The van der Waals surface area contributed by atoms with E-state index in [0.29, 0.717) is 11.8 Å². The van der Waals surface area contributed by atoms with Crippen LogP contribution >= 0.6 is 0 Å². The number of hydrogen-bond donors (Lipinski definition) is 1. The van der Waals surface area contributed by atoms with Gasteiger partial charge in [0.15, 0.2) is 0 Å². The van der Waals surface area contributed by atoms with Crippen LogP contribution in [0, 0.1) is 17.8 Å². The Morgan fingerprint density at radius 1 is 1.57 bits per heavy atom. The zero-order valence-corrected chi connectivity index (χ0v) is 8.35. The number of ether oxygens (including phenoxy) is 1. The van der Waals surface area contributed by atoms with Crippen LogP contribution in [0.1, 0.15) is 19.8 Å². The first kappa shape index (κ1) is 9.71. The summed E-state index contributed by atoms with van der Waals surface area (Å²) in [7, 11) is 0. The highest BCUT2D eigenvalue weighted by Crippen LogP contribution is 2.43. The molecule has 1 N–H and O–H groups in total. The average Bonchev–Trinajstić information content (AvgIpc) is 2.74. The standard InChI is InChI=1S/C11H16O3/c1-7(12)6-14-11(13)10-5-8-2-3-9(10)4-8/h2-3,7-10,12H,4-6H2,1H3. The number of allylic oxidation sites excluding steroid dienone is 2. The minimum Gasteiger partial charge on any atom is -0.463 e. The van der Waals surface area contributed by atoms with Gasteiger partial charge in [0, 0.05) is 0 Å².